The highest BCUT2D eigenvalue weighted by Gasteiger charge is 2.39. The second-order valence-electron chi connectivity index (χ2n) is 4.92. The molecule has 0 bridgehead atoms. The van der Waals surface area contributed by atoms with Crippen LogP contribution >= 0.6 is 0 Å². The molecular formula is C14H18NO. The molecule has 2 fully saturated rings. The topological polar surface area (TPSA) is 12.5 Å². The van der Waals surface area contributed by atoms with Crippen LogP contribution in [0, 0.1) is 6.07 Å². The standard InChI is InChI=1S/C14H18NO/c1-2-6-13(7-3-1)15-10-11-16-14(12-15)8-4-5-9-14/h2-3,6-7H,4-5,8-12H2. The Morgan fingerprint density at radius 1 is 1.19 bits per heavy atom. The van der Waals surface area contributed by atoms with Crippen molar-refractivity contribution in [1.82, 2.24) is 0 Å². The Balaban J connectivity index is 1.77. The van der Waals surface area contributed by atoms with E-state index in [0.717, 1.165) is 19.7 Å². The first-order chi connectivity index (χ1) is 7.88. The molecular weight excluding hydrogens is 198 g/mol. The van der Waals surface area contributed by atoms with Gasteiger partial charge in [-0.1, -0.05) is 25.0 Å². The second-order valence-corrected chi connectivity index (χ2v) is 4.92. The Labute approximate surface area is 97.2 Å². The quantitative estimate of drug-likeness (QED) is 0.715. The van der Waals surface area contributed by atoms with Gasteiger partial charge in [0.05, 0.1) is 12.2 Å². The number of benzene rings is 1. The first-order valence-electron chi connectivity index (χ1n) is 6.23. The summed E-state index contributed by atoms with van der Waals surface area (Å²) in [7, 11) is 0. The number of nitrogens with zero attached hydrogens (tertiary/aromatic N) is 1. The molecule has 0 atom stereocenters. The zero-order chi connectivity index (χ0) is 10.8. The molecule has 1 aliphatic heterocycles. The lowest BCUT2D eigenvalue weighted by Gasteiger charge is -2.41. The number of ether oxygens (including phenoxy) is 1. The van der Waals surface area contributed by atoms with E-state index in [1.54, 1.807) is 0 Å². The summed E-state index contributed by atoms with van der Waals surface area (Å²) in [5, 5.41) is 0. The van der Waals surface area contributed by atoms with Crippen LogP contribution < -0.4 is 4.90 Å². The SMILES string of the molecule is [c]1ccc(N2CCOC3(CCCC3)C2)cc1. The highest BCUT2D eigenvalue weighted by molar-refractivity contribution is 5.46. The first kappa shape index (κ1) is 10.2. The fourth-order valence-electron chi connectivity index (χ4n) is 2.98. The third kappa shape index (κ3) is 1.82. The predicted octanol–water partition coefficient (Wildman–Crippen LogP) is 2.64. The number of hydrogen-bond acceptors (Lipinski definition) is 2. The molecule has 2 aliphatic rings. The monoisotopic (exact) mass is 216 g/mol. The largest absolute Gasteiger partial charge is 0.371 e. The minimum absolute atomic E-state index is 0.164. The lowest BCUT2D eigenvalue weighted by molar-refractivity contribution is -0.0501. The van der Waals surface area contributed by atoms with Crippen molar-refractivity contribution >= 4 is 5.69 Å². The van der Waals surface area contributed by atoms with Crippen LogP contribution in [0.25, 0.3) is 0 Å². The minimum atomic E-state index is 0.164. The zero-order valence-corrected chi connectivity index (χ0v) is 9.61. The van der Waals surface area contributed by atoms with E-state index in [2.05, 4.69) is 23.1 Å². The summed E-state index contributed by atoms with van der Waals surface area (Å²) < 4.78 is 6.03. The van der Waals surface area contributed by atoms with Crippen molar-refractivity contribution in [3.8, 4) is 0 Å². The van der Waals surface area contributed by atoms with Gasteiger partial charge < -0.3 is 9.64 Å². The fourth-order valence-corrected chi connectivity index (χ4v) is 2.98. The summed E-state index contributed by atoms with van der Waals surface area (Å²) in [5.74, 6) is 0. The maximum absolute atomic E-state index is 6.03. The maximum Gasteiger partial charge on any atom is 0.0857 e. The van der Waals surface area contributed by atoms with E-state index in [9.17, 15) is 0 Å². The van der Waals surface area contributed by atoms with Crippen molar-refractivity contribution in [1.29, 1.82) is 0 Å². The van der Waals surface area contributed by atoms with Crippen molar-refractivity contribution in [2.45, 2.75) is 31.3 Å². The van der Waals surface area contributed by atoms with Crippen molar-refractivity contribution in [3.63, 3.8) is 0 Å². The van der Waals surface area contributed by atoms with Crippen LogP contribution in [0.2, 0.25) is 0 Å². The molecule has 1 heterocycles. The molecule has 1 aromatic rings. The Hall–Kier alpha value is -1.02. The summed E-state index contributed by atoms with van der Waals surface area (Å²) in [6.07, 6.45) is 5.14. The highest BCUT2D eigenvalue weighted by Crippen LogP contribution is 2.36. The van der Waals surface area contributed by atoms with Crippen molar-refractivity contribution in [2.24, 2.45) is 0 Å². The third-order valence-corrected chi connectivity index (χ3v) is 3.83. The van der Waals surface area contributed by atoms with Crippen LogP contribution in [-0.4, -0.2) is 25.3 Å². The molecule has 1 aromatic carbocycles. The van der Waals surface area contributed by atoms with E-state index in [-0.39, 0.29) is 5.60 Å². The number of anilines is 1. The lowest BCUT2D eigenvalue weighted by Crippen LogP contribution is -2.50. The fraction of sp³-hybridized carbons (Fsp3) is 0.571. The van der Waals surface area contributed by atoms with Crippen molar-refractivity contribution < 1.29 is 4.74 Å². The van der Waals surface area contributed by atoms with Crippen molar-refractivity contribution in [2.75, 3.05) is 24.6 Å². The third-order valence-electron chi connectivity index (χ3n) is 3.83. The molecule has 1 radical (unpaired) electrons. The molecule has 1 spiro atoms. The summed E-state index contributed by atoms with van der Waals surface area (Å²) in [4.78, 5) is 2.46. The number of morpholine rings is 1. The predicted molar refractivity (Wildman–Crippen MR) is 64.6 cm³/mol. The van der Waals surface area contributed by atoms with E-state index < -0.39 is 0 Å². The summed E-state index contributed by atoms with van der Waals surface area (Å²) >= 11 is 0. The van der Waals surface area contributed by atoms with Gasteiger partial charge >= 0.3 is 0 Å². The minimum Gasteiger partial charge on any atom is -0.371 e. The Morgan fingerprint density at radius 3 is 2.69 bits per heavy atom. The van der Waals surface area contributed by atoms with Crippen molar-refractivity contribution in [3.05, 3.63) is 30.3 Å². The van der Waals surface area contributed by atoms with Crippen LogP contribution in [0.4, 0.5) is 5.69 Å². The molecule has 0 unspecified atom stereocenters. The molecule has 2 heteroatoms. The molecule has 1 aliphatic carbocycles. The maximum atomic E-state index is 6.03. The number of hydrogen-bond donors (Lipinski definition) is 0. The first-order valence-corrected chi connectivity index (χ1v) is 6.23. The van der Waals surface area contributed by atoms with Gasteiger partial charge in [-0.2, -0.15) is 0 Å². The van der Waals surface area contributed by atoms with Crippen LogP contribution in [-0.2, 0) is 4.74 Å². The number of rotatable bonds is 1. The molecule has 2 nitrogen and oxygen atoms in total. The van der Waals surface area contributed by atoms with E-state index in [1.165, 1.54) is 31.4 Å². The smallest absolute Gasteiger partial charge is 0.0857 e. The molecule has 0 amide bonds. The molecule has 3 rings (SSSR count). The van der Waals surface area contributed by atoms with Crippen LogP contribution in [0.3, 0.4) is 0 Å². The van der Waals surface area contributed by atoms with E-state index in [1.807, 2.05) is 12.1 Å². The Bertz CT molecular complexity index is 343. The van der Waals surface area contributed by atoms with Gasteiger partial charge in [-0.3, -0.25) is 0 Å². The highest BCUT2D eigenvalue weighted by atomic mass is 16.5. The van der Waals surface area contributed by atoms with Gasteiger partial charge in [-0.05, 0) is 31.0 Å². The van der Waals surface area contributed by atoms with E-state index in [4.69, 9.17) is 4.74 Å². The van der Waals surface area contributed by atoms with Gasteiger partial charge in [-0.25, -0.2) is 0 Å². The second kappa shape index (κ2) is 4.10. The zero-order valence-electron chi connectivity index (χ0n) is 9.61. The van der Waals surface area contributed by atoms with Crippen LogP contribution in [0.5, 0.6) is 0 Å². The Morgan fingerprint density at radius 2 is 1.94 bits per heavy atom. The molecule has 0 N–H and O–H groups in total. The summed E-state index contributed by atoms with van der Waals surface area (Å²) in [5.41, 5.74) is 1.48. The van der Waals surface area contributed by atoms with Gasteiger partial charge in [0.25, 0.3) is 0 Å². The summed E-state index contributed by atoms with van der Waals surface area (Å²) in [6, 6.07) is 11.4. The molecule has 1 saturated heterocycles. The molecule has 1 saturated carbocycles. The van der Waals surface area contributed by atoms with Gasteiger partial charge in [0.1, 0.15) is 0 Å². The molecule has 0 aromatic heterocycles. The average molecular weight is 216 g/mol. The average Bonchev–Trinajstić information content (AvgIpc) is 2.78. The Kier molecular flexibility index (Phi) is 2.60. The van der Waals surface area contributed by atoms with Crippen LogP contribution in [0.15, 0.2) is 24.3 Å². The normalized spacial score (nSPS) is 23.9. The van der Waals surface area contributed by atoms with Crippen LogP contribution in [0.1, 0.15) is 25.7 Å². The van der Waals surface area contributed by atoms with Gasteiger partial charge in [0.15, 0.2) is 0 Å². The summed E-state index contributed by atoms with van der Waals surface area (Å²) in [6.45, 7) is 2.96. The van der Waals surface area contributed by atoms with Gasteiger partial charge in [0.2, 0.25) is 0 Å². The molecule has 85 valence electrons. The van der Waals surface area contributed by atoms with E-state index in [0.29, 0.717) is 0 Å². The van der Waals surface area contributed by atoms with Gasteiger partial charge in [0, 0.05) is 18.8 Å². The molecule has 16 heavy (non-hydrogen) atoms. The van der Waals surface area contributed by atoms with Gasteiger partial charge in [-0.15, -0.1) is 0 Å². The lowest BCUT2D eigenvalue weighted by atomic mass is 9.99. The van der Waals surface area contributed by atoms with E-state index >= 15 is 0 Å².